The highest BCUT2D eigenvalue weighted by Gasteiger charge is 2.23. The molecule has 5 rings (SSSR count). The number of hydrogen-bond acceptors (Lipinski definition) is 4. The van der Waals surface area contributed by atoms with Crippen LogP contribution < -0.4 is 5.56 Å². The fourth-order valence-electron chi connectivity index (χ4n) is 3.77. The van der Waals surface area contributed by atoms with Crippen molar-refractivity contribution in [2.45, 2.75) is 37.1 Å². The number of thioether (sulfide) groups is 1. The molecule has 0 saturated carbocycles. The van der Waals surface area contributed by atoms with Crippen LogP contribution in [0.1, 0.15) is 28.0 Å². The molecule has 2 heterocycles. The molecule has 0 amide bonds. The van der Waals surface area contributed by atoms with Gasteiger partial charge in [-0.05, 0) is 61.6 Å². The molecule has 2 aromatic heterocycles. The molecular weight excluding hydrogens is 464 g/mol. The van der Waals surface area contributed by atoms with E-state index in [4.69, 9.17) is 4.98 Å². The van der Waals surface area contributed by atoms with Gasteiger partial charge < -0.3 is 0 Å². The molecule has 0 fully saturated rings. The van der Waals surface area contributed by atoms with Gasteiger partial charge in [0.15, 0.2) is 5.16 Å². The second-order valence-electron chi connectivity index (χ2n) is 7.32. The molecule has 0 radical (unpaired) electrons. The van der Waals surface area contributed by atoms with E-state index in [9.17, 15) is 4.79 Å². The Morgan fingerprint density at radius 1 is 1.10 bits per heavy atom. The van der Waals surface area contributed by atoms with Gasteiger partial charge in [0, 0.05) is 15.1 Å². The van der Waals surface area contributed by atoms with Gasteiger partial charge in [0.25, 0.3) is 5.56 Å². The maximum absolute atomic E-state index is 13.6. The number of thiophene rings is 1. The van der Waals surface area contributed by atoms with Crippen molar-refractivity contribution in [2.75, 3.05) is 0 Å². The summed E-state index contributed by atoms with van der Waals surface area (Å²) in [6.07, 6.45) is 3.20. The highest BCUT2D eigenvalue weighted by molar-refractivity contribution is 9.10. The Balaban J connectivity index is 1.64. The van der Waals surface area contributed by atoms with E-state index in [-0.39, 0.29) is 5.56 Å². The molecule has 0 spiro atoms. The van der Waals surface area contributed by atoms with Crippen LogP contribution >= 0.6 is 39.0 Å². The van der Waals surface area contributed by atoms with E-state index in [1.807, 2.05) is 36.4 Å². The number of nitrogens with zero attached hydrogens (tertiary/aromatic N) is 2. The summed E-state index contributed by atoms with van der Waals surface area (Å²) >= 11 is 6.80. The first-order chi connectivity index (χ1) is 14.1. The van der Waals surface area contributed by atoms with Crippen molar-refractivity contribution in [3.63, 3.8) is 0 Å². The fraction of sp³-hybridized carbons (Fsp3) is 0.217. The summed E-state index contributed by atoms with van der Waals surface area (Å²) in [6.45, 7) is 2.06. The molecule has 2 aromatic carbocycles. The molecule has 1 aliphatic rings. The third-order valence-electron chi connectivity index (χ3n) is 5.28. The first-order valence-corrected chi connectivity index (χ1v) is 12.2. The van der Waals surface area contributed by atoms with Crippen LogP contribution in [0.3, 0.4) is 0 Å². The third-order valence-corrected chi connectivity index (χ3v) is 8.01. The topological polar surface area (TPSA) is 34.9 Å². The monoisotopic (exact) mass is 482 g/mol. The van der Waals surface area contributed by atoms with Gasteiger partial charge in [-0.15, -0.1) is 11.3 Å². The maximum atomic E-state index is 13.6. The van der Waals surface area contributed by atoms with Crippen LogP contribution in [0.4, 0.5) is 0 Å². The molecule has 1 aliphatic carbocycles. The standard InChI is InChI=1S/C23H19BrN2OS2/c1-14-5-11-17(12-6-14)26-22(27)20-18-3-2-4-19(18)29-21(20)25-23(26)28-13-15-7-9-16(24)10-8-15/h5-12H,2-4,13H2,1H3. The minimum absolute atomic E-state index is 0.0663. The maximum Gasteiger partial charge on any atom is 0.267 e. The minimum atomic E-state index is 0.0663. The average molecular weight is 483 g/mol. The number of aromatic nitrogens is 2. The molecule has 0 aliphatic heterocycles. The molecule has 6 heteroatoms. The predicted octanol–water partition coefficient (Wildman–Crippen LogP) is 6.30. The zero-order chi connectivity index (χ0) is 20.0. The Morgan fingerprint density at radius 3 is 2.62 bits per heavy atom. The number of rotatable bonds is 4. The van der Waals surface area contributed by atoms with Gasteiger partial charge in [-0.1, -0.05) is 57.5 Å². The van der Waals surface area contributed by atoms with Gasteiger partial charge in [0.1, 0.15) is 4.83 Å². The Bertz CT molecular complexity index is 1260. The molecule has 0 atom stereocenters. The van der Waals surface area contributed by atoms with Crippen LogP contribution in [0, 0.1) is 6.92 Å². The van der Waals surface area contributed by atoms with Crippen LogP contribution in [0.15, 0.2) is 63.0 Å². The molecule has 0 bridgehead atoms. The fourth-order valence-corrected chi connectivity index (χ4v) is 6.31. The Morgan fingerprint density at radius 2 is 1.86 bits per heavy atom. The zero-order valence-corrected chi connectivity index (χ0v) is 19.2. The van der Waals surface area contributed by atoms with Crippen LogP contribution in [0.5, 0.6) is 0 Å². The first kappa shape index (κ1) is 19.1. The summed E-state index contributed by atoms with van der Waals surface area (Å²) in [5, 5.41) is 1.59. The van der Waals surface area contributed by atoms with Crippen molar-refractivity contribution in [2.24, 2.45) is 0 Å². The van der Waals surface area contributed by atoms with E-state index in [0.29, 0.717) is 0 Å². The van der Waals surface area contributed by atoms with E-state index in [2.05, 4.69) is 35.0 Å². The van der Waals surface area contributed by atoms with Gasteiger partial charge in [-0.2, -0.15) is 0 Å². The SMILES string of the molecule is Cc1ccc(-n2c(SCc3ccc(Br)cc3)nc3sc4c(c3c2=O)CCC4)cc1. The largest absolute Gasteiger partial charge is 0.268 e. The minimum Gasteiger partial charge on any atom is -0.268 e. The van der Waals surface area contributed by atoms with Gasteiger partial charge in [0.2, 0.25) is 0 Å². The predicted molar refractivity (Wildman–Crippen MR) is 126 cm³/mol. The number of halogens is 1. The number of benzene rings is 2. The lowest BCUT2D eigenvalue weighted by atomic mass is 10.2. The summed E-state index contributed by atoms with van der Waals surface area (Å²) in [5.74, 6) is 0.766. The highest BCUT2D eigenvalue weighted by atomic mass is 79.9. The molecule has 0 N–H and O–H groups in total. The first-order valence-electron chi connectivity index (χ1n) is 9.62. The normalized spacial score (nSPS) is 13.2. The van der Waals surface area contributed by atoms with E-state index >= 15 is 0 Å². The van der Waals surface area contributed by atoms with Gasteiger partial charge in [0.05, 0.1) is 11.1 Å². The van der Waals surface area contributed by atoms with Crippen molar-refractivity contribution >= 4 is 49.2 Å². The molecule has 3 nitrogen and oxygen atoms in total. The third kappa shape index (κ3) is 3.58. The molecule has 146 valence electrons. The summed E-state index contributed by atoms with van der Waals surface area (Å²) in [7, 11) is 0. The summed E-state index contributed by atoms with van der Waals surface area (Å²) in [5.41, 5.74) is 4.56. The lowest BCUT2D eigenvalue weighted by Gasteiger charge is -2.13. The quantitative estimate of drug-likeness (QED) is 0.253. The van der Waals surface area contributed by atoms with E-state index in [1.54, 1.807) is 27.7 Å². The average Bonchev–Trinajstić information content (AvgIpc) is 3.29. The summed E-state index contributed by atoms with van der Waals surface area (Å²) < 4.78 is 2.87. The number of aryl methyl sites for hydroxylation is 3. The Hall–Kier alpha value is -1.89. The zero-order valence-electron chi connectivity index (χ0n) is 15.9. The number of hydrogen-bond donors (Lipinski definition) is 0. The van der Waals surface area contributed by atoms with Crippen LogP contribution in [0.2, 0.25) is 0 Å². The van der Waals surface area contributed by atoms with Crippen molar-refractivity contribution < 1.29 is 0 Å². The van der Waals surface area contributed by atoms with Crippen molar-refractivity contribution in [1.29, 1.82) is 0 Å². The Labute approximate surface area is 185 Å². The van der Waals surface area contributed by atoms with E-state index < -0.39 is 0 Å². The lowest BCUT2D eigenvalue weighted by Crippen LogP contribution is -2.21. The summed E-state index contributed by atoms with van der Waals surface area (Å²) in [4.78, 5) is 20.8. The van der Waals surface area contributed by atoms with Crippen molar-refractivity contribution in [3.8, 4) is 5.69 Å². The lowest BCUT2D eigenvalue weighted by molar-refractivity contribution is 0.819. The molecule has 0 saturated heterocycles. The van der Waals surface area contributed by atoms with Gasteiger partial charge >= 0.3 is 0 Å². The van der Waals surface area contributed by atoms with Crippen LogP contribution in [-0.2, 0) is 18.6 Å². The van der Waals surface area contributed by atoms with E-state index in [1.165, 1.54) is 21.6 Å². The van der Waals surface area contributed by atoms with Crippen molar-refractivity contribution in [1.82, 2.24) is 9.55 Å². The highest BCUT2D eigenvalue weighted by Crippen LogP contribution is 2.36. The van der Waals surface area contributed by atoms with Crippen LogP contribution in [0.25, 0.3) is 15.9 Å². The van der Waals surface area contributed by atoms with Gasteiger partial charge in [-0.3, -0.25) is 9.36 Å². The van der Waals surface area contributed by atoms with Gasteiger partial charge in [-0.25, -0.2) is 4.98 Å². The second kappa shape index (κ2) is 7.74. The molecule has 29 heavy (non-hydrogen) atoms. The molecule has 0 unspecified atom stereocenters. The summed E-state index contributed by atoms with van der Waals surface area (Å²) in [6, 6.07) is 16.4. The number of fused-ring (bicyclic) bond motifs is 3. The Kier molecular flexibility index (Phi) is 5.10. The second-order valence-corrected chi connectivity index (χ2v) is 10.3. The van der Waals surface area contributed by atoms with Crippen LogP contribution in [-0.4, -0.2) is 9.55 Å². The molecule has 4 aromatic rings. The molecular formula is C23H19BrN2OS2. The van der Waals surface area contributed by atoms with Crippen molar-refractivity contribution in [3.05, 3.63) is 84.9 Å². The smallest absolute Gasteiger partial charge is 0.267 e. The van der Waals surface area contributed by atoms with E-state index in [0.717, 1.165) is 50.5 Å².